The number of hydrogen-bond donors (Lipinski definition) is 2. The number of nitrogens with zero attached hydrogens (tertiary/aromatic N) is 1. The number of ether oxygens (including phenoxy) is 2. The van der Waals surface area contributed by atoms with E-state index in [-0.39, 0.29) is 53.8 Å². The number of primary sulfonamides is 1. The summed E-state index contributed by atoms with van der Waals surface area (Å²) in [5.41, 5.74) is -1.78. The normalized spacial score (nSPS) is 35.2. The summed E-state index contributed by atoms with van der Waals surface area (Å²) in [7, 11) is -4.06. The number of hydrogen-bond acceptors (Lipinski definition) is 10. The summed E-state index contributed by atoms with van der Waals surface area (Å²) in [5.74, 6) is -1.89. The average Bonchev–Trinajstić information content (AvgIpc) is 3.23. The highest BCUT2D eigenvalue weighted by molar-refractivity contribution is 7.89. The van der Waals surface area contributed by atoms with Crippen LogP contribution in [0.2, 0.25) is 0 Å². The van der Waals surface area contributed by atoms with Gasteiger partial charge in [0.1, 0.15) is 0 Å². The minimum Gasteiger partial charge on any atom is -0.454 e. The summed E-state index contributed by atoms with van der Waals surface area (Å²) in [6.07, 6.45) is 6.35. The number of carbonyl (C=O) groups excluding carboxylic acids is 4. The molecule has 4 aliphatic rings. The molecule has 12 heteroatoms. The predicted octanol–water partition coefficient (Wildman–Crippen LogP) is 3.04. The molecular formula is C31H40N2O9S. The summed E-state index contributed by atoms with van der Waals surface area (Å²) in [5, 5.41) is 16.4. The molecule has 0 unspecified atom stereocenters. The van der Waals surface area contributed by atoms with Crippen molar-refractivity contribution in [1.82, 2.24) is 4.98 Å². The van der Waals surface area contributed by atoms with E-state index in [0.29, 0.717) is 25.7 Å². The Hall–Kier alpha value is -2.96. The molecule has 1 aromatic rings. The lowest BCUT2D eigenvalue weighted by atomic mass is 9.45. The van der Waals surface area contributed by atoms with Gasteiger partial charge >= 0.3 is 11.9 Å². The number of carbonyl (C=O) groups is 4. The van der Waals surface area contributed by atoms with Crippen LogP contribution in [0.3, 0.4) is 0 Å². The molecule has 3 N–H and O–H groups in total. The lowest BCUT2D eigenvalue weighted by Crippen LogP contribution is -2.63. The maximum atomic E-state index is 14.1. The van der Waals surface area contributed by atoms with Gasteiger partial charge in [-0.05, 0) is 86.3 Å². The van der Waals surface area contributed by atoms with Gasteiger partial charge < -0.3 is 14.6 Å². The first-order valence-electron chi connectivity index (χ1n) is 15.0. The molecule has 0 saturated heterocycles. The second-order valence-electron chi connectivity index (χ2n) is 13.1. The molecular weight excluding hydrogens is 576 g/mol. The molecule has 234 valence electrons. The Morgan fingerprint density at radius 3 is 2.53 bits per heavy atom. The third-order valence-electron chi connectivity index (χ3n) is 10.8. The van der Waals surface area contributed by atoms with Crippen LogP contribution in [0, 0.1) is 28.6 Å². The number of nitrogens with two attached hydrogens (primary N) is 1. The number of aliphatic hydroxyl groups excluding tert-OH is 1. The van der Waals surface area contributed by atoms with E-state index in [1.165, 1.54) is 6.07 Å². The molecule has 0 bridgehead atoms. The van der Waals surface area contributed by atoms with Gasteiger partial charge in [0, 0.05) is 24.5 Å². The molecule has 1 aromatic heterocycles. The zero-order valence-electron chi connectivity index (χ0n) is 24.8. The van der Waals surface area contributed by atoms with Crippen molar-refractivity contribution in [3.8, 4) is 0 Å². The minimum atomic E-state index is -4.06. The van der Waals surface area contributed by atoms with Gasteiger partial charge in [0.15, 0.2) is 23.0 Å². The van der Waals surface area contributed by atoms with Crippen LogP contribution in [0.15, 0.2) is 35.0 Å². The van der Waals surface area contributed by atoms with Gasteiger partial charge in [-0.2, -0.15) is 0 Å². The maximum absolute atomic E-state index is 14.1. The zero-order chi connectivity index (χ0) is 31.4. The molecule has 3 fully saturated rings. The van der Waals surface area contributed by atoms with Crippen LogP contribution in [-0.2, 0) is 33.9 Å². The maximum Gasteiger partial charge on any atom is 0.340 e. The molecule has 1 heterocycles. The van der Waals surface area contributed by atoms with Crippen molar-refractivity contribution < 1.29 is 42.2 Å². The van der Waals surface area contributed by atoms with E-state index in [2.05, 4.69) is 11.9 Å². The van der Waals surface area contributed by atoms with Gasteiger partial charge in [0.25, 0.3) is 10.0 Å². The number of aromatic nitrogens is 1. The summed E-state index contributed by atoms with van der Waals surface area (Å²) in [4.78, 5) is 55.7. The first-order valence-corrected chi connectivity index (χ1v) is 16.5. The molecule has 43 heavy (non-hydrogen) atoms. The minimum absolute atomic E-state index is 0.0269. The van der Waals surface area contributed by atoms with E-state index >= 15 is 0 Å². The van der Waals surface area contributed by atoms with Crippen molar-refractivity contribution in [3.05, 3.63) is 35.5 Å². The average molecular weight is 617 g/mol. The highest BCUT2D eigenvalue weighted by Crippen LogP contribution is 2.68. The van der Waals surface area contributed by atoms with Gasteiger partial charge in [-0.25, -0.2) is 23.3 Å². The lowest BCUT2D eigenvalue weighted by Gasteiger charge is -2.60. The van der Waals surface area contributed by atoms with Crippen LogP contribution in [0.5, 0.6) is 0 Å². The molecule has 7 atom stereocenters. The van der Waals surface area contributed by atoms with E-state index in [9.17, 15) is 32.7 Å². The van der Waals surface area contributed by atoms with Crippen LogP contribution >= 0.6 is 0 Å². The van der Waals surface area contributed by atoms with E-state index in [4.69, 9.17) is 14.6 Å². The van der Waals surface area contributed by atoms with Gasteiger partial charge in [-0.3, -0.25) is 14.4 Å². The van der Waals surface area contributed by atoms with Crippen molar-refractivity contribution in [2.24, 2.45) is 33.7 Å². The molecule has 0 radical (unpaired) electrons. The van der Waals surface area contributed by atoms with Crippen molar-refractivity contribution in [3.63, 3.8) is 0 Å². The summed E-state index contributed by atoms with van der Waals surface area (Å²) < 4.78 is 34.4. The molecule has 0 spiro atoms. The number of fused-ring (bicyclic) bond motifs is 5. The Morgan fingerprint density at radius 2 is 1.88 bits per heavy atom. The molecule has 4 aliphatic carbocycles. The largest absolute Gasteiger partial charge is 0.454 e. The fourth-order valence-electron chi connectivity index (χ4n) is 8.81. The molecule has 0 aliphatic heterocycles. The lowest BCUT2D eigenvalue weighted by molar-refractivity contribution is -0.202. The van der Waals surface area contributed by atoms with Crippen molar-refractivity contribution in [2.45, 2.75) is 95.3 Å². The SMILES string of the molecule is CCCC(=O)O[C@]1(C(=O)COC(=O)c2ccc(S(N)(=O)=O)nc2)CC[C@H]2[C@@H]3CCC4=CC(=O)CC[C@]4(C)[C@H]3[C@@H](O)C[C@@]21C. The van der Waals surface area contributed by atoms with Crippen LogP contribution < -0.4 is 5.14 Å². The fraction of sp³-hybridized carbons (Fsp3) is 0.645. The Morgan fingerprint density at radius 1 is 1.14 bits per heavy atom. The molecule has 5 rings (SSSR count). The first kappa shape index (κ1) is 31.5. The van der Waals surface area contributed by atoms with E-state index in [0.717, 1.165) is 30.7 Å². The number of ketones is 2. The quantitative estimate of drug-likeness (QED) is 0.412. The van der Waals surface area contributed by atoms with E-state index in [1.54, 1.807) is 6.08 Å². The highest BCUT2D eigenvalue weighted by Gasteiger charge is 2.70. The second kappa shape index (κ2) is 11.2. The number of Topliss-reactive ketones (excluding diaryl/α,β-unsaturated/α-hetero) is 1. The first-order chi connectivity index (χ1) is 20.2. The number of pyridine rings is 1. The zero-order valence-corrected chi connectivity index (χ0v) is 25.7. The molecule has 0 amide bonds. The summed E-state index contributed by atoms with van der Waals surface area (Å²) >= 11 is 0. The molecule has 0 aromatic carbocycles. The van der Waals surface area contributed by atoms with Gasteiger partial charge in [-0.15, -0.1) is 0 Å². The van der Waals surface area contributed by atoms with Crippen LogP contribution in [0.25, 0.3) is 0 Å². The van der Waals surface area contributed by atoms with Crippen LogP contribution in [0.1, 0.15) is 88.9 Å². The van der Waals surface area contributed by atoms with Crippen molar-refractivity contribution in [2.75, 3.05) is 6.61 Å². The number of allylic oxidation sites excluding steroid dienone is 1. The third kappa shape index (κ3) is 5.25. The summed E-state index contributed by atoms with van der Waals surface area (Å²) in [6, 6.07) is 2.25. The number of sulfonamides is 1. The molecule has 11 nitrogen and oxygen atoms in total. The Balaban J connectivity index is 1.42. The Kier molecular flexibility index (Phi) is 8.19. The van der Waals surface area contributed by atoms with Gasteiger partial charge in [-0.1, -0.05) is 26.3 Å². The van der Waals surface area contributed by atoms with E-state index < -0.39 is 56.5 Å². The standard InChI is InChI=1S/C31H40N2O9S/c1-4-5-26(37)42-31(24(36)17-41-28(38)18-6-9-25(33-16-18)43(32,39)40)13-11-22-21-8-7-19-14-20(34)10-12-29(19,2)27(21)23(35)15-30(22,31)3/h6,9,14,16,21-23,27,35H,4-5,7-8,10-13,15,17H2,1-3H3,(H2,32,39,40)/t21-,22-,23-,27+,29-,30-,31-/m0/s1. The number of aliphatic hydroxyl groups is 1. The Labute approximate surface area is 251 Å². The Bertz CT molecular complexity index is 1470. The predicted molar refractivity (Wildman–Crippen MR) is 153 cm³/mol. The smallest absolute Gasteiger partial charge is 0.340 e. The summed E-state index contributed by atoms with van der Waals surface area (Å²) in [6.45, 7) is 5.22. The molecule has 3 saturated carbocycles. The van der Waals surface area contributed by atoms with Gasteiger partial charge in [0.2, 0.25) is 5.78 Å². The highest BCUT2D eigenvalue weighted by atomic mass is 32.2. The van der Waals surface area contributed by atoms with Crippen LogP contribution in [-0.4, -0.2) is 60.3 Å². The third-order valence-corrected chi connectivity index (χ3v) is 11.6. The topological polar surface area (TPSA) is 180 Å². The van der Waals surface area contributed by atoms with Gasteiger partial charge in [0.05, 0.1) is 11.7 Å². The van der Waals surface area contributed by atoms with Crippen molar-refractivity contribution >= 4 is 33.5 Å². The van der Waals surface area contributed by atoms with E-state index in [1.807, 2.05) is 13.8 Å². The number of esters is 2. The van der Waals surface area contributed by atoms with Crippen molar-refractivity contribution in [1.29, 1.82) is 0 Å². The monoisotopic (exact) mass is 616 g/mol. The fourth-order valence-corrected chi connectivity index (χ4v) is 9.27. The number of rotatable bonds is 8. The second-order valence-corrected chi connectivity index (χ2v) is 14.6. The van der Waals surface area contributed by atoms with Crippen LogP contribution in [0.4, 0.5) is 0 Å².